The maximum absolute atomic E-state index is 8.80. The fourth-order valence-corrected chi connectivity index (χ4v) is 8.47. The highest BCUT2D eigenvalue weighted by atomic mass is 32.1. The van der Waals surface area contributed by atoms with Crippen LogP contribution >= 0.6 is 11.3 Å². The molecule has 0 saturated heterocycles. The third-order valence-corrected chi connectivity index (χ3v) is 10.7. The summed E-state index contributed by atoms with van der Waals surface area (Å²) in [6, 6.07) is 40.7. The highest BCUT2D eigenvalue weighted by molar-refractivity contribution is 7.25. The Morgan fingerprint density at radius 3 is 1.98 bits per heavy atom. The molecule has 0 aliphatic carbocycles. The Morgan fingerprint density at radius 2 is 1.18 bits per heavy atom. The van der Waals surface area contributed by atoms with Gasteiger partial charge in [-0.05, 0) is 42.5 Å². The Morgan fingerprint density at radius 1 is 0.529 bits per heavy atom. The van der Waals surface area contributed by atoms with E-state index in [1.165, 1.54) is 0 Å². The van der Waals surface area contributed by atoms with Crippen molar-refractivity contribution in [3.63, 3.8) is 0 Å². The summed E-state index contributed by atoms with van der Waals surface area (Å²) in [4.78, 5) is 14.7. The lowest BCUT2D eigenvalue weighted by molar-refractivity contribution is 0.666. The average molecular weight is 676 g/mol. The van der Waals surface area contributed by atoms with Crippen molar-refractivity contribution in [2.75, 3.05) is 0 Å². The second kappa shape index (κ2) is 10.9. The van der Waals surface area contributed by atoms with Crippen molar-refractivity contribution < 1.29 is 11.3 Å². The Labute approximate surface area is 302 Å². The first kappa shape index (κ1) is 23.7. The van der Waals surface area contributed by atoms with Gasteiger partial charge in [0.2, 0.25) is 0 Å². The molecular weight excluding hydrogens is 645 g/mol. The van der Waals surface area contributed by atoms with Gasteiger partial charge in [-0.25, -0.2) is 15.0 Å². The highest BCUT2D eigenvalue weighted by Crippen LogP contribution is 2.41. The van der Waals surface area contributed by atoms with Crippen LogP contribution < -0.4 is 0 Å². The van der Waals surface area contributed by atoms with Crippen LogP contribution in [0.25, 0.3) is 104 Å². The van der Waals surface area contributed by atoms with Gasteiger partial charge in [0.05, 0.1) is 23.6 Å². The summed E-state index contributed by atoms with van der Waals surface area (Å²) in [6.45, 7) is 0. The SMILES string of the molecule is [2H]c1c([2H])c([2H])c(-c2nc(-c3ccc4c(c3)oc3c(-n5c6ccccc6c6ccccc65)cccc34)nc(-c3cccc4sc5ccccc5c34)n2)c([2H])c1[2H]. The van der Waals surface area contributed by atoms with E-state index >= 15 is 0 Å². The molecule has 51 heavy (non-hydrogen) atoms. The minimum atomic E-state index is -0.483. The van der Waals surface area contributed by atoms with Gasteiger partial charge in [-0.3, -0.25) is 0 Å². The maximum atomic E-state index is 8.80. The van der Waals surface area contributed by atoms with E-state index in [0.29, 0.717) is 17.0 Å². The van der Waals surface area contributed by atoms with Crippen LogP contribution in [-0.2, 0) is 0 Å². The molecule has 0 N–H and O–H groups in total. The molecule has 0 amide bonds. The van der Waals surface area contributed by atoms with Gasteiger partial charge in [0.1, 0.15) is 5.58 Å². The van der Waals surface area contributed by atoms with Crippen LogP contribution in [0.15, 0.2) is 162 Å². The van der Waals surface area contributed by atoms with Gasteiger partial charge < -0.3 is 8.98 Å². The van der Waals surface area contributed by atoms with Crippen LogP contribution in [0.1, 0.15) is 6.85 Å². The van der Waals surface area contributed by atoms with E-state index in [1.54, 1.807) is 11.3 Å². The van der Waals surface area contributed by atoms with Gasteiger partial charge in [0.25, 0.3) is 0 Å². The van der Waals surface area contributed by atoms with Crippen molar-refractivity contribution in [2.45, 2.75) is 0 Å². The van der Waals surface area contributed by atoms with Crippen molar-refractivity contribution in [1.29, 1.82) is 0 Å². The number of furan rings is 1. The normalized spacial score (nSPS) is 13.3. The van der Waals surface area contributed by atoms with Crippen molar-refractivity contribution in [1.82, 2.24) is 19.5 Å². The molecule has 4 aromatic heterocycles. The summed E-state index contributed by atoms with van der Waals surface area (Å²) in [6.07, 6.45) is 0. The number of hydrogen-bond donors (Lipinski definition) is 0. The lowest BCUT2D eigenvalue weighted by atomic mass is 10.1. The number of benzene rings is 7. The summed E-state index contributed by atoms with van der Waals surface area (Å²) in [5, 5.41) is 6.22. The summed E-state index contributed by atoms with van der Waals surface area (Å²) < 4.78 is 53.8. The molecule has 6 heteroatoms. The number of aromatic nitrogens is 4. The molecule has 0 saturated carbocycles. The number of fused-ring (bicyclic) bond motifs is 9. The van der Waals surface area contributed by atoms with Crippen LogP contribution in [0.3, 0.4) is 0 Å². The van der Waals surface area contributed by atoms with Crippen LogP contribution in [-0.4, -0.2) is 19.5 Å². The van der Waals surface area contributed by atoms with Gasteiger partial charge in [0.15, 0.2) is 23.1 Å². The summed E-state index contributed by atoms with van der Waals surface area (Å²) in [5.74, 6) is 0.583. The van der Waals surface area contributed by atoms with E-state index in [9.17, 15) is 0 Å². The standard InChI is InChI=1S/C45H26N4OS/c1-2-12-27(13-3-1)43-46-44(48-45(47-43)34-18-11-23-40-41(34)33-16-6-9-22-39(33)51-40)28-24-25-31-32-17-10-21-37(42(32)50-38(31)26-28)49-35-19-7-4-14-29(35)30-15-5-8-20-36(30)49/h1-26H/i1D,2D,3D,12D,13D. The fraction of sp³-hybridized carbons (Fsp3) is 0. The van der Waals surface area contributed by atoms with Crippen LogP contribution in [0.4, 0.5) is 0 Å². The van der Waals surface area contributed by atoms with Crippen molar-refractivity contribution >= 4 is 75.3 Å². The largest absolute Gasteiger partial charge is 0.454 e. The topological polar surface area (TPSA) is 56.7 Å². The van der Waals surface area contributed by atoms with Crippen molar-refractivity contribution in [3.05, 3.63) is 158 Å². The van der Waals surface area contributed by atoms with E-state index in [4.69, 9.17) is 26.2 Å². The molecule has 0 aliphatic rings. The number of hydrogen-bond acceptors (Lipinski definition) is 5. The summed E-state index contributed by atoms with van der Waals surface area (Å²) in [5.41, 5.74) is 5.71. The Balaban J connectivity index is 1.15. The molecule has 0 atom stereocenters. The quantitative estimate of drug-likeness (QED) is 0.186. The Kier molecular flexibility index (Phi) is 5.08. The molecule has 0 unspecified atom stereocenters. The molecule has 238 valence electrons. The molecule has 11 aromatic rings. The minimum Gasteiger partial charge on any atom is -0.454 e. The molecule has 4 heterocycles. The molecule has 0 radical (unpaired) electrons. The molecule has 5 nitrogen and oxygen atoms in total. The lowest BCUT2D eigenvalue weighted by Crippen LogP contribution is -2.00. The molecular formula is C45H26N4OS. The third-order valence-electron chi connectivity index (χ3n) is 9.56. The number of nitrogens with zero attached hydrogens (tertiary/aromatic N) is 4. The van der Waals surface area contributed by atoms with Crippen LogP contribution in [0, 0.1) is 0 Å². The first-order valence-electron chi connectivity index (χ1n) is 19.0. The monoisotopic (exact) mass is 675 g/mol. The second-order valence-corrected chi connectivity index (χ2v) is 13.5. The van der Waals surface area contributed by atoms with Crippen LogP contribution in [0.2, 0.25) is 0 Å². The van der Waals surface area contributed by atoms with E-state index in [0.717, 1.165) is 69.6 Å². The van der Waals surface area contributed by atoms with Gasteiger partial charge >= 0.3 is 0 Å². The fourth-order valence-electron chi connectivity index (χ4n) is 7.34. The van der Waals surface area contributed by atoms with E-state index in [1.807, 2.05) is 60.7 Å². The van der Waals surface area contributed by atoms with Crippen molar-refractivity contribution in [3.8, 4) is 39.9 Å². The number of thiophene rings is 1. The first-order valence-corrected chi connectivity index (χ1v) is 17.4. The molecule has 0 bridgehead atoms. The molecule has 7 aromatic carbocycles. The van der Waals surface area contributed by atoms with Gasteiger partial charge in [-0.1, -0.05) is 115 Å². The van der Waals surface area contributed by atoms with E-state index < -0.39 is 18.1 Å². The van der Waals surface area contributed by atoms with Crippen LogP contribution in [0.5, 0.6) is 0 Å². The Bertz CT molecular complexity index is 3380. The smallest absolute Gasteiger partial charge is 0.164 e. The minimum absolute atomic E-state index is 0.0168. The van der Waals surface area contributed by atoms with Gasteiger partial charge in [-0.2, -0.15) is 0 Å². The van der Waals surface area contributed by atoms with Gasteiger partial charge in [-0.15, -0.1) is 11.3 Å². The second-order valence-electron chi connectivity index (χ2n) is 12.4. The van der Waals surface area contributed by atoms with Gasteiger partial charge in [0, 0.05) is 58.4 Å². The summed E-state index contributed by atoms with van der Waals surface area (Å²) >= 11 is 1.67. The molecule has 0 spiro atoms. The first-order chi connectivity index (χ1) is 27.4. The zero-order chi connectivity index (χ0) is 37.8. The third kappa shape index (κ3) is 4.30. The number of rotatable bonds is 4. The average Bonchev–Trinajstić information content (AvgIpc) is 3.91. The zero-order valence-electron chi connectivity index (χ0n) is 31.7. The number of para-hydroxylation sites is 3. The highest BCUT2D eigenvalue weighted by Gasteiger charge is 2.20. The van der Waals surface area contributed by atoms with E-state index in [2.05, 4.69) is 71.3 Å². The zero-order valence-corrected chi connectivity index (χ0v) is 27.5. The lowest BCUT2D eigenvalue weighted by Gasteiger charge is -2.09. The van der Waals surface area contributed by atoms with Crippen molar-refractivity contribution in [2.24, 2.45) is 0 Å². The molecule has 0 fully saturated rings. The van der Waals surface area contributed by atoms with E-state index in [-0.39, 0.29) is 29.3 Å². The Hall–Kier alpha value is -6.63. The predicted octanol–water partition coefficient (Wildman–Crippen LogP) is 12.2. The predicted molar refractivity (Wildman–Crippen MR) is 211 cm³/mol. The molecule has 0 aliphatic heterocycles. The maximum Gasteiger partial charge on any atom is 0.164 e. The molecule has 11 rings (SSSR count). The summed E-state index contributed by atoms with van der Waals surface area (Å²) in [7, 11) is 0.